The Morgan fingerprint density at radius 2 is 1.86 bits per heavy atom. The number of methoxy groups -OCH3 is 1. The van der Waals surface area contributed by atoms with Crippen LogP contribution < -0.4 is 10.1 Å². The van der Waals surface area contributed by atoms with Crippen molar-refractivity contribution in [3.05, 3.63) is 65.2 Å². The van der Waals surface area contributed by atoms with Crippen molar-refractivity contribution in [2.45, 2.75) is 32.2 Å². The highest BCUT2D eigenvalue weighted by atomic mass is 32.2. The first kappa shape index (κ1) is 21.8. The highest BCUT2D eigenvalue weighted by molar-refractivity contribution is 7.99. The smallest absolute Gasteiger partial charge is 0.242 e. The van der Waals surface area contributed by atoms with Crippen LogP contribution >= 0.6 is 11.8 Å². The van der Waals surface area contributed by atoms with Gasteiger partial charge in [0.2, 0.25) is 11.8 Å². The number of carbonyl (C=O) groups excluding carboxylic acids is 2. The standard InChI is InChI=1S/C22H28N2O3S/c1-16-7-5-9-19(11-16)14-28-15-21(25)24(17(2)22(26)23-3)13-18-8-6-10-20(12-18)27-4/h5-12,17H,13-15H2,1-4H3,(H,23,26). The van der Waals surface area contributed by atoms with Crippen LogP contribution in [-0.4, -0.2) is 42.7 Å². The molecule has 0 aliphatic heterocycles. The number of rotatable bonds is 9. The van der Waals surface area contributed by atoms with Gasteiger partial charge in [0.05, 0.1) is 12.9 Å². The molecule has 0 bridgehead atoms. The van der Waals surface area contributed by atoms with Crippen molar-refractivity contribution in [2.24, 2.45) is 0 Å². The SMILES string of the molecule is CNC(=O)C(C)N(Cc1cccc(OC)c1)C(=O)CSCc1cccc(C)c1. The lowest BCUT2D eigenvalue weighted by molar-refractivity contribution is -0.138. The number of hydrogen-bond acceptors (Lipinski definition) is 4. The number of carbonyl (C=O) groups is 2. The van der Waals surface area contributed by atoms with Crippen molar-refractivity contribution in [1.29, 1.82) is 0 Å². The van der Waals surface area contributed by atoms with Crippen molar-refractivity contribution in [3.8, 4) is 5.75 Å². The first-order valence-corrected chi connectivity index (χ1v) is 10.4. The molecule has 1 N–H and O–H groups in total. The number of nitrogens with zero attached hydrogens (tertiary/aromatic N) is 1. The third-order valence-electron chi connectivity index (χ3n) is 4.48. The zero-order valence-corrected chi connectivity index (χ0v) is 17.7. The molecule has 0 aromatic heterocycles. The average Bonchev–Trinajstić information content (AvgIpc) is 2.71. The van der Waals surface area contributed by atoms with Crippen molar-refractivity contribution in [1.82, 2.24) is 10.2 Å². The molecule has 2 aromatic carbocycles. The summed E-state index contributed by atoms with van der Waals surface area (Å²) in [5.74, 6) is 1.57. The van der Waals surface area contributed by atoms with Gasteiger partial charge in [0.1, 0.15) is 11.8 Å². The minimum atomic E-state index is -0.553. The maximum absolute atomic E-state index is 12.9. The number of nitrogens with one attached hydrogen (secondary N) is 1. The van der Waals surface area contributed by atoms with Gasteiger partial charge in [-0.3, -0.25) is 9.59 Å². The molecule has 2 aromatic rings. The lowest BCUT2D eigenvalue weighted by atomic mass is 10.1. The molecule has 2 amide bonds. The molecular weight excluding hydrogens is 372 g/mol. The topological polar surface area (TPSA) is 58.6 Å². The van der Waals surface area contributed by atoms with E-state index in [9.17, 15) is 9.59 Å². The molecular formula is C22H28N2O3S. The fourth-order valence-electron chi connectivity index (χ4n) is 2.90. The lowest BCUT2D eigenvalue weighted by Crippen LogP contribution is -2.47. The molecule has 5 nitrogen and oxygen atoms in total. The van der Waals surface area contributed by atoms with Crippen molar-refractivity contribution >= 4 is 23.6 Å². The molecule has 0 saturated carbocycles. The van der Waals surface area contributed by atoms with Crippen LogP contribution in [0.4, 0.5) is 0 Å². The summed E-state index contributed by atoms with van der Waals surface area (Å²) in [5.41, 5.74) is 3.32. The van der Waals surface area contributed by atoms with Gasteiger partial charge in [-0.25, -0.2) is 0 Å². The van der Waals surface area contributed by atoms with Crippen LogP contribution in [-0.2, 0) is 21.9 Å². The second-order valence-corrected chi connectivity index (χ2v) is 7.63. The molecule has 150 valence electrons. The van der Waals surface area contributed by atoms with Crippen LogP contribution in [0.5, 0.6) is 5.75 Å². The molecule has 28 heavy (non-hydrogen) atoms. The number of likely N-dealkylation sites (N-methyl/N-ethyl adjacent to an activating group) is 1. The molecule has 0 spiro atoms. The van der Waals surface area contributed by atoms with E-state index in [1.54, 1.807) is 37.7 Å². The van der Waals surface area contributed by atoms with E-state index in [0.717, 1.165) is 17.1 Å². The average molecular weight is 401 g/mol. The summed E-state index contributed by atoms with van der Waals surface area (Å²) in [6, 6.07) is 15.3. The predicted octanol–water partition coefficient (Wildman–Crippen LogP) is 3.40. The molecule has 0 aliphatic carbocycles. The van der Waals surface area contributed by atoms with E-state index in [1.807, 2.05) is 30.3 Å². The number of thioether (sulfide) groups is 1. The van der Waals surface area contributed by atoms with Gasteiger partial charge in [-0.2, -0.15) is 0 Å². The maximum Gasteiger partial charge on any atom is 0.242 e. The van der Waals surface area contributed by atoms with E-state index in [1.165, 1.54) is 11.1 Å². The molecule has 0 heterocycles. The number of aryl methyl sites for hydroxylation is 1. The normalized spacial score (nSPS) is 11.6. The Balaban J connectivity index is 2.06. The third kappa shape index (κ3) is 6.30. The molecule has 0 fully saturated rings. The molecule has 1 unspecified atom stereocenters. The van der Waals surface area contributed by atoms with Gasteiger partial charge in [-0.15, -0.1) is 11.8 Å². The van der Waals surface area contributed by atoms with E-state index in [-0.39, 0.29) is 11.8 Å². The van der Waals surface area contributed by atoms with Crippen LogP contribution in [0.2, 0.25) is 0 Å². The number of amides is 2. The van der Waals surface area contributed by atoms with E-state index in [0.29, 0.717) is 12.3 Å². The zero-order chi connectivity index (χ0) is 20.5. The molecule has 6 heteroatoms. The van der Waals surface area contributed by atoms with E-state index < -0.39 is 6.04 Å². The van der Waals surface area contributed by atoms with Gasteiger partial charge in [0.15, 0.2) is 0 Å². The van der Waals surface area contributed by atoms with Crippen molar-refractivity contribution in [2.75, 3.05) is 19.9 Å². The first-order chi connectivity index (χ1) is 13.4. The summed E-state index contributed by atoms with van der Waals surface area (Å²) in [6.07, 6.45) is 0. The second-order valence-electron chi connectivity index (χ2n) is 6.65. The Hall–Kier alpha value is -2.47. The molecule has 0 radical (unpaired) electrons. The summed E-state index contributed by atoms with van der Waals surface area (Å²) in [4.78, 5) is 26.7. The van der Waals surface area contributed by atoms with Gasteiger partial charge >= 0.3 is 0 Å². The van der Waals surface area contributed by atoms with Crippen molar-refractivity contribution < 1.29 is 14.3 Å². The van der Waals surface area contributed by atoms with Gasteiger partial charge < -0.3 is 15.0 Å². The molecule has 0 aliphatic rings. The molecule has 2 rings (SSSR count). The Morgan fingerprint density at radius 3 is 2.54 bits per heavy atom. The number of ether oxygens (including phenoxy) is 1. The van der Waals surface area contributed by atoms with Gasteiger partial charge in [0.25, 0.3) is 0 Å². The maximum atomic E-state index is 12.9. The van der Waals surface area contributed by atoms with Crippen LogP contribution in [0.15, 0.2) is 48.5 Å². The first-order valence-electron chi connectivity index (χ1n) is 9.22. The van der Waals surface area contributed by atoms with Crippen LogP contribution in [0, 0.1) is 6.92 Å². The Labute approximate surface area is 171 Å². The van der Waals surface area contributed by atoms with Crippen molar-refractivity contribution in [3.63, 3.8) is 0 Å². The van der Waals surface area contributed by atoms with Gasteiger partial charge in [0, 0.05) is 19.3 Å². The van der Waals surface area contributed by atoms with Gasteiger partial charge in [-0.1, -0.05) is 42.0 Å². The van der Waals surface area contributed by atoms with E-state index in [2.05, 4.69) is 30.4 Å². The molecule has 0 saturated heterocycles. The highest BCUT2D eigenvalue weighted by Gasteiger charge is 2.25. The number of benzene rings is 2. The summed E-state index contributed by atoms with van der Waals surface area (Å²) in [7, 11) is 3.19. The Bertz CT molecular complexity index is 810. The summed E-state index contributed by atoms with van der Waals surface area (Å²) >= 11 is 1.56. The third-order valence-corrected chi connectivity index (χ3v) is 5.47. The zero-order valence-electron chi connectivity index (χ0n) is 16.9. The Morgan fingerprint density at radius 1 is 1.14 bits per heavy atom. The van der Waals surface area contributed by atoms with Crippen LogP contribution in [0.3, 0.4) is 0 Å². The van der Waals surface area contributed by atoms with Crippen LogP contribution in [0.1, 0.15) is 23.6 Å². The minimum Gasteiger partial charge on any atom is -0.497 e. The largest absolute Gasteiger partial charge is 0.497 e. The minimum absolute atomic E-state index is 0.0587. The summed E-state index contributed by atoms with van der Waals surface area (Å²) in [5, 5.41) is 2.63. The summed E-state index contributed by atoms with van der Waals surface area (Å²) < 4.78 is 5.26. The second kappa shape index (κ2) is 10.8. The van der Waals surface area contributed by atoms with Gasteiger partial charge in [-0.05, 0) is 37.1 Å². The van der Waals surface area contributed by atoms with E-state index in [4.69, 9.17) is 4.74 Å². The quantitative estimate of drug-likeness (QED) is 0.701. The molecule has 1 atom stereocenters. The highest BCUT2D eigenvalue weighted by Crippen LogP contribution is 2.19. The fraction of sp³-hybridized carbons (Fsp3) is 0.364. The predicted molar refractivity (Wildman–Crippen MR) is 114 cm³/mol. The lowest BCUT2D eigenvalue weighted by Gasteiger charge is -2.28. The Kier molecular flexibility index (Phi) is 8.39. The van der Waals surface area contributed by atoms with E-state index >= 15 is 0 Å². The fourth-order valence-corrected chi connectivity index (χ4v) is 3.76. The summed E-state index contributed by atoms with van der Waals surface area (Å²) in [6.45, 7) is 4.16. The monoisotopic (exact) mass is 400 g/mol. The van der Waals surface area contributed by atoms with Crippen LogP contribution in [0.25, 0.3) is 0 Å². The number of hydrogen-bond donors (Lipinski definition) is 1.